The Morgan fingerprint density at radius 2 is 2.16 bits per heavy atom. The number of hydrogen-bond donors (Lipinski definition) is 2. The lowest BCUT2D eigenvalue weighted by Gasteiger charge is -2.25. The van der Waals surface area contributed by atoms with Gasteiger partial charge in [-0.25, -0.2) is 9.78 Å². The molecule has 0 saturated heterocycles. The Morgan fingerprint density at radius 1 is 1.40 bits per heavy atom. The van der Waals surface area contributed by atoms with Crippen molar-refractivity contribution in [1.29, 1.82) is 0 Å². The van der Waals surface area contributed by atoms with Crippen molar-refractivity contribution >= 4 is 23.2 Å². The van der Waals surface area contributed by atoms with Crippen LogP contribution in [0.2, 0.25) is 0 Å². The summed E-state index contributed by atoms with van der Waals surface area (Å²) < 4.78 is 5.67. The SMILES string of the molecule is CCCC(C)(NC(=O)c1cccc(OCc2csc(C)n2)c1)C(=O)O. The minimum absolute atomic E-state index is 0.318. The molecule has 0 spiro atoms. The molecule has 0 radical (unpaired) electrons. The van der Waals surface area contributed by atoms with Crippen molar-refractivity contribution in [3.63, 3.8) is 0 Å². The van der Waals surface area contributed by atoms with E-state index in [1.165, 1.54) is 6.92 Å². The Hall–Kier alpha value is -2.41. The number of ether oxygens (including phenoxy) is 1. The van der Waals surface area contributed by atoms with E-state index < -0.39 is 17.4 Å². The van der Waals surface area contributed by atoms with Crippen LogP contribution >= 0.6 is 11.3 Å². The molecule has 2 aromatic rings. The molecule has 134 valence electrons. The largest absolute Gasteiger partial charge is 0.487 e. The van der Waals surface area contributed by atoms with Gasteiger partial charge in [0, 0.05) is 10.9 Å². The number of amides is 1. The van der Waals surface area contributed by atoms with E-state index in [0.29, 0.717) is 30.8 Å². The van der Waals surface area contributed by atoms with Gasteiger partial charge in [-0.2, -0.15) is 0 Å². The fourth-order valence-corrected chi connectivity index (χ4v) is 3.00. The van der Waals surface area contributed by atoms with Crippen LogP contribution < -0.4 is 10.1 Å². The molecule has 2 rings (SSSR count). The zero-order chi connectivity index (χ0) is 18.4. The van der Waals surface area contributed by atoms with Crippen molar-refractivity contribution in [2.24, 2.45) is 0 Å². The van der Waals surface area contributed by atoms with Crippen molar-refractivity contribution in [2.75, 3.05) is 0 Å². The molecule has 1 unspecified atom stereocenters. The van der Waals surface area contributed by atoms with Gasteiger partial charge in [-0.05, 0) is 38.5 Å². The molecule has 1 amide bonds. The highest BCUT2D eigenvalue weighted by Gasteiger charge is 2.34. The number of rotatable bonds is 8. The third kappa shape index (κ3) is 5.03. The number of nitrogens with zero attached hydrogens (tertiary/aromatic N) is 1. The van der Waals surface area contributed by atoms with Crippen molar-refractivity contribution in [3.05, 3.63) is 45.9 Å². The number of nitrogens with one attached hydrogen (secondary N) is 1. The molecule has 1 heterocycles. The van der Waals surface area contributed by atoms with Crippen molar-refractivity contribution < 1.29 is 19.4 Å². The van der Waals surface area contributed by atoms with Crippen molar-refractivity contribution in [3.8, 4) is 5.75 Å². The maximum absolute atomic E-state index is 12.4. The number of hydrogen-bond acceptors (Lipinski definition) is 5. The summed E-state index contributed by atoms with van der Waals surface area (Å²) >= 11 is 1.55. The molecule has 0 aliphatic rings. The lowest BCUT2D eigenvalue weighted by Crippen LogP contribution is -2.52. The summed E-state index contributed by atoms with van der Waals surface area (Å²) in [7, 11) is 0. The normalized spacial score (nSPS) is 13.1. The Morgan fingerprint density at radius 3 is 2.76 bits per heavy atom. The number of benzene rings is 1. The Balaban J connectivity index is 2.06. The van der Waals surface area contributed by atoms with Crippen LogP contribution in [0.15, 0.2) is 29.6 Å². The zero-order valence-electron chi connectivity index (χ0n) is 14.5. The molecule has 1 atom stereocenters. The molecule has 1 aromatic heterocycles. The minimum Gasteiger partial charge on any atom is -0.487 e. The van der Waals surface area contributed by atoms with Gasteiger partial charge in [0.15, 0.2) is 0 Å². The first kappa shape index (κ1) is 18.9. The van der Waals surface area contributed by atoms with Gasteiger partial charge in [-0.1, -0.05) is 19.4 Å². The molecule has 0 aliphatic carbocycles. The first-order valence-electron chi connectivity index (χ1n) is 8.04. The van der Waals surface area contributed by atoms with Gasteiger partial charge >= 0.3 is 5.97 Å². The van der Waals surface area contributed by atoms with Crippen LogP contribution in [-0.2, 0) is 11.4 Å². The van der Waals surface area contributed by atoms with E-state index >= 15 is 0 Å². The predicted molar refractivity (Wildman–Crippen MR) is 96.0 cm³/mol. The summed E-state index contributed by atoms with van der Waals surface area (Å²) in [5.74, 6) is -0.951. The van der Waals surface area contributed by atoms with E-state index in [-0.39, 0.29) is 0 Å². The molecule has 0 aliphatic heterocycles. The van der Waals surface area contributed by atoms with E-state index in [9.17, 15) is 14.7 Å². The molecular formula is C18H22N2O4S. The summed E-state index contributed by atoms with van der Waals surface area (Å²) in [6.07, 6.45) is 1.01. The molecular weight excluding hydrogens is 340 g/mol. The maximum Gasteiger partial charge on any atom is 0.329 e. The number of aliphatic carboxylic acids is 1. The molecule has 0 fully saturated rings. The van der Waals surface area contributed by atoms with Gasteiger partial charge in [0.05, 0.1) is 10.7 Å². The number of aromatic nitrogens is 1. The van der Waals surface area contributed by atoms with E-state index in [0.717, 1.165) is 10.7 Å². The molecule has 2 N–H and O–H groups in total. The molecule has 1 aromatic carbocycles. The zero-order valence-corrected chi connectivity index (χ0v) is 15.4. The van der Waals surface area contributed by atoms with Gasteiger partial charge < -0.3 is 15.2 Å². The molecule has 0 saturated carbocycles. The summed E-state index contributed by atoms with van der Waals surface area (Å²) in [5.41, 5.74) is -0.102. The van der Waals surface area contributed by atoms with Gasteiger partial charge in [-0.15, -0.1) is 11.3 Å². The first-order chi connectivity index (χ1) is 11.8. The van der Waals surface area contributed by atoms with E-state index in [1.807, 2.05) is 19.2 Å². The topological polar surface area (TPSA) is 88.5 Å². The molecule has 7 heteroatoms. The van der Waals surface area contributed by atoms with Crippen LogP contribution in [0.25, 0.3) is 0 Å². The number of carboxylic acids is 1. The Bertz CT molecular complexity index is 759. The number of carbonyl (C=O) groups is 2. The third-order valence-electron chi connectivity index (χ3n) is 3.76. The minimum atomic E-state index is -1.29. The third-order valence-corrected chi connectivity index (χ3v) is 4.58. The summed E-state index contributed by atoms with van der Waals surface area (Å²) in [6.45, 7) is 5.64. The van der Waals surface area contributed by atoms with Crippen molar-refractivity contribution in [2.45, 2.75) is 45.8 Å². The highest BCUT2D eigenvalue weighted by Crippen LogP contribution is 2.18. The standard InChI is InChI=1S/C18H22N2O4S/c1-4-8-18(3,17(22)23)20-16(21)13-6-5-7-15(9-13)24-10-14-11-25-12(2)19-14/h5-7,9,11H,4,8,10H2,1-3H3,(H,20,21)(H,22,23). The van der Waals surface area contributed by atoms with Crippen molar-refractivity contribution in [1.82, 2.24) is 10.3 Å². The highest BCUT2D eigenvalue weighted by molar-refractivity contribution is 7.09. The number of carboxylic acid groups (broad SMARTS) is 1. The number of aryl methyl sites for hydroxylation is 1. The second kappa shape index (κ2) is 8.11. The van der Waals surface area contributed by atoms with Crippen LogP contribution in [0.4, 0.5) is 0 Å². The van der Waals surface area contributed by atoms with E-state index in [4.69, 9.17) is 4.74 Å². The maximum atomic E-state index is 12.4. The van der Waals surface area contributed by atoms with E-state index in [1.54, 1.807) is 35.6 Å². The average molecular weight is 362 g/mol. The second-order valence-electron chi connectivity index (χ2n) is 6.02. The Labute approximate surface area is 150 Å². The highest BCUT2D eigenvalue weighted by atomic mass is 32.1. The van der Waals surface area contributed by atoms with Gasteiger partial charge in [0.1, 0.15) is 17.9 Å². The van der Waals surface area contributed by atoms with Gasteiger partial charge in [0.25, 0.3) is 5.91 Å². The summed E-state index contributed by atoms with van der Waals surface area (Å²) in [4.78, 5) is 28.2. The number of carbonyl (C=O) groups excluding carboxylic acids is 1. The smallest absolute Gasteiger partial charge is 0.329 e. The second-order valence-corrected chi connectivity index (χ2v) is 7.08. The lowest BCUT2D eigenvalue weighted by molar-refractivity contribution is -0.144. The quantitative estimate of drug-likeness (QED) is 0.751. The fourth-order valence-electron chi connectivity index (χ4n) is 2.40. The van der Waals surface area contributed by atoms with Crippen LogP contribution in [-0.4, -0.2) is 27.5 Å². The van der Waals surface area contributed by atoms with Crippen LogP contribution in [0.1, 0.15) is 47.7 Å². The predicted octanol–water partition coefficient (Wildman–Crippen LogP) is 3.40. The monoisotopic (exact) mass is 362 g/mol. The molecule has 25 heavy (non-hydrogen) atoms. The van der Waals surface area contributed by atoms with Gasteiger partial charge in [0.2, 0.25) is 0 Å². The van der Waals surface area contributed by atoms with Crippen LogP contribution in [0, 0.1) is 6.92 Å². The fraction of sp³-hybridized carbons (Fsp3) is 0.389. The summed E-state index contributed by atoms with van der Waals surface area (Å²) in [5, 5.41) is 14.9. The molecule has 6 nitrogen and oxygen atoms in total. The first-order valence-corrected chi connectivity index (χ1v) is 8.92. The van der Waals surface area contributed by atoms with Gasteiger partial charge in [-0.3, -0.25) is 4.79 Å². The lowest BCUT2D eigenvalue weighted by atomic mass is 9.95. The average Bonchev–Trinajstić information content (AvgIpc) is 2.98. The van der Waals surface area contributed by atoms with Crippen LogP contribution in [0.3, 0.4) is 0 Å². The van der Waals surface area contributed by atoms with E-state index in [2.05, 4.69) is 10.3 Å². The number of thiazole rings is 1. The summed E-state index contributed by atoms with van der Waals surface area (Å²) in [6, 6.07) is 6.68. The Kier molecular flexibility index (Phi) is 6.14. The van der Waals surface area contributed by atoms with Crippen LogP contribution in [0.5, 0.6) is 5.75 Å². The molecule has 0 bridgehead atoms.